The Morgan fingerprint density at radius 2 is 2.04 bits per heavy atom. The number of hydrogen-bond donors (Lipinski definition) is 1. The maximum atomic E-state index is 5.87. The van der Waals surface area contributed by atoms with Gasteiger partial charge in [-0.15, -0.1) is 11.3 Å². The van der Waals surface area contributed by atoms with Crippen LogP contribution in [0, 0.1) is 6.92 Å². The number of aryl methyl sites for hydroxylation is 1. The van der Waals surface area contributed by atoms with Crippen LogP contribution in [0.4, 0.5) is 0 Å². The summed E-state index contributed by atoms with van der Waals surface area (Å²) in [7, 11) is 3.83. The second-order valence-corrected chi connectivity index (χ2v) is 8.40. The van der Waals surface area contributed by atoms with Gasteiger partial charge in [0.15, 0.2) is 5.96 Å². The normalized spacial score (nSPS) is 12.3. The van der Waals surface area contributed by atoms with Gasteiger partial charge in [-0.1, -0.05) is 24.3 Å². The van der Waals surface area contributed by atoms with Gasteiger partial charge in [-0.3, -0.25) is 4.99 Å². The van der Waals surface area contributed by atoms with Crippen molar-refractivity contribution in [1.29, 1.82) is 0 Å². The molecule has 0 bridgehead atoms. The van der Waals surface area contributed by atoms with Crippen LogP contribution < -0.4 is 5.32 Å². The number of aromatic nitrogens is 1. The first-order valence-corrected chi connectivity index (χ1v) is 9.69. The molecule has 0 aliphatic carbocycles. The summed E-state index contributed by atoms with van der Waals surface area (Å²) in [5, 5.41) is 6.61. The number of guanidine groups is 1. The van der Waals surface area contributed by atoms with Crippen molar-refractivity contribution in [3.8, 4) is 0 Å². The standard InChI is InChI=1S/C20H30N4OS/c1-15-23-18(14-26-15)12-24(6)19(21-5)22-11-16-8-7-9-17(10-16)13-25-20(2,3)4/h7-10,14H,11-13H2,1-6H3,(H,21,22). The Balaban J connectivity index is 1.91. The van der Waals surface area contributed by atoms with E-state index in [0.717, 1.165) is 29.8 Å². The summed E-state index contributed by atoms with van der Waals surface area (Å²) < 4.78 is 5.87. The molecule has 0 atom stereocenters. The van der Waals surface area contributed by atoms with Crippen molar-refractivity contribution in [3.63, 3.8) is 0 Å². The fourth-order valence-electron chi connectivity index (χ4n) is 2.49. The van der Waals surface area contributed by atoms with Gasteiger partial charge in [0.25, 0.3) is 0 Å². The molecule has 142 valence electrons. The average molecular weight is 375 g/mol. The van der Waals surface area contributed by atoms with Crippen molar-refractivity contribution in [2.45, 2.75) is 53.0 Å². The van der Waals surface area contributed by atoms with E-state index in [9.17, 15) is 0 Å². The van der Waals surface area contributed by atoms with E-state index in [4.69, 9.17) is 4.74 Å². The third kappa shape index (κ3) is 6.77. The largest absolute Gasteiger partial charge is 0.371 e. The van der Waals surface area contributed by atoms with E-state index in [0.29, 0.717) is 6.61 Å². The number of thiazole rings is 1. The maximum Gasteiger partial charge on any atom is 0.194 e. The zero-order valence-corrected chi connectivity index (χ0v) is 17.5. The van der Waals surface area contributed by atoms with Crippen LogP contribution in [0.2, 0.25) is 0 Å². The van der Waals surface area contributed by atoms with Crippen LogP contribution in [0.15, 0.2) is 34.6 Å². The molecule has 0 aliphatic rings. The van der Waals surface area contributed by atoms with E-state index in [2.05, 4.69) is 70.6 Å². The minimum atomic E-state index is -0.132. The van der Waals surface area contributed by atoms with E-state index in [1.807, 2.05) is 14.0 Å². The second kappa shape index (κ2) is 9.14. The highest BCUT2D eigenvalue weighted by Gasteiger charge is 2.11. The van der Waals surface area contributed by atoms with Crippen LogP contribution in [-0.2, 0) is 24.4 Å². The van der Waals surface area contributed by atoms with Gasteiger partial charge in [0.05, 0.1) is 29.5 Å². The van der Waals surface area contributed by atoms with Crippen molar-refractivity contribution in [2.75, 3.05) is 14.1 Å². The number of ether oxygens (including phenoxy) is 1. The highest BCUT2D eigenvalue weighted by molar-refractivity contribution is 7.09. The summed E-state index contributed by atoms with van der Waals surface area (Å²) in [6.07, 6.45) is 0. The molecule has 1 aromatic heterocycles. The zero-order valence-electron chi connectivity index (χ0n) is 16.7. The highest BCUT2D eigenvalue weighted by atomic mass is 32.1. The lowest BCUT2D eigenvalue weighted by Crippen LogP contribution is -2.38. The molecule has 0 fully saturated rings. The number of nitrogens with one attached hydrogen (secondary N) is 1. The molecular formula is C20H30N4OS. The Kier molecular flexibility index (Phi) is 7.17. The van der Waals surface area contributed by atoms with Crippen molar-refractivity contribution in [1.82, 2.24) is 15.2 Å². The van der Waals surface area contributed by atoms with Gasteiger partial charge in [-0.25, -0.2) is 4.98 Å². The molecule has 0 unspecified atom stereocenters. The monoisotopic (exact) mass is 374 g/mol. The summed E-state index contributed by atoms with van der Waals surface area (Å²) in [5.41, 5.74) is 3.33. The molecule has 0 spiro atoms. The first kappa shape index (κ1) is 20.4. The average Bonchev–Trinajstić information content (AvgIpc) is 2.98. The molecule has 0 saturated heterocycles. The fraction of sp³-hybridized carbons (Fsp3) is 0.500. The Morgan fingerprint density at radius 1 is 1.31 bits per heavy atom. The molecule has 5 nitrogen and oxygen atoms in total. The van der Waals surface area contributed by atoms with Crippen molar-refractivity contribution in [2.24, 2.45) is 4.99 Å². The fourth-order valence-corrected chi connectivity index (χ4v) is 3.10. The van der Waals surface area contributed by atoms with Crippen molar-refractivity contribution >= 4 is 17.3 Å². The smallest absolute Gasteiger partial charge is 0.194 e. The summed E-state index contributed by atoms with van der Waals surface area (Å²) in [6, 6.07) is 8.46. The topological polar surface area (TPSA) is 49.8 Å². The Bertz CT molecular complexity index is 733. The number of rotatable bonds is 6. The summed E-state index contributed by atoms with van der Waals surface area (Å²) in [6.45, 7) is 10.3. The SMILES string of the molecule is CN=C(NCc1cccc(COC(C)(C)C)c1)N(C)Cc1csc(C)n1. The molecule has 0 amide bonds. The molecule has 0 aliphatic heterocycles. The van der Waals surface area contributed by atoms with Crippen LogP contribution in [0.5, 0.6) is 0 Å². The first-order chi connectivity index (χ1) is 12.3. The summed E-state index contributed by atoms with van der Waals surface area (Å²) in [5.74, 6) is 0.854. The van der Waals surface area contributed by atoms with E-state index in [-0.39, 0.29) is 5.60 Å². The number of aliphatic imine (C=N–C) groups is 1. The first-order valence-electron chi connectivity index (χ1n) is 8.81. The van der Waals surface area contributed by atoms with Crippen LogP contribution in [0.3, 0.4) is 0 Å². The van der Waals surface area contributed by atoms with Crippen LogP contribution in [-0.4, -0.2) is 35.5 Å². The third-order valence-electron chi connectivity index (χ3n) is 3.75. The molecule has 1 aromatic carbocycles. The Hall–Kier alpha value is -1.92. The van der Waals surface area contributed by atoms with Crippen LogP contribution in [0.25, 0.3) is 0 Å². The lowest BCUT2D eigenvalue weighted by atomic mass is 10.1. The molecular weight excluding hydrogens is 344 g/mol. The van der Waals surface area contributed by atoms with Crippen molar-refractivity contribution < 1.29 is 4.74 Å². The van der Waals surface area contributed by atoms with Gasteiger partial charge in [-0.2, -0.15) is 0 Å². The van der Waals surface area contributed by atoms with Gasteiger partial charge < -0.3 is 15.0 Å². The van der Waals surface area contributed by atoms with Crippen molar-refractivity contribution in [3.05, 3.63) is 51.5 Å². The minimum Gasteiger partial charge on any atom is -0.371 e. The molecule has 0 radical (unpaired) electrons. The third-order valence-corrected chi connectivity index (χ3v) is 4.58. The van der Waals surface area contributed by atoms with Gasteiger partial charge >= 0.3 is 0 Å². The number of benzene rings is 1. The quantitative estimate of drug-likeness (QED) is 0.614. The summed E-state index contributed by atoms with van der Waals surface area (Å²) >= 11 is 1.67. The molecule has 2 rings (SSSR count). The predicted molar refractivity (Wildman–Crippen MR) is 110 cm³/mol. The van der Waals surface area contributed by atoms with E-state index >= 15 is 0 Å². The molecule has 1 heterocycles. The predicted octanol–water partition coefficient (Wildman–Crippen LogP) is 3.97. The minimum absolute atomic E-state index is 0.132. The van der Waals surface area contributed by atoms with Gasteiger partial charge in [0.2, 0.25) is 0 Å². The van der Waals surface area contributed by atoms with Gasteiger partial charge in [-0.05, 0) is 38.8 Å². The number of hydrogen-bond acceptors (Lipinski definition) is 4. The molecule has 1 N–H and O–H groups in total. The van der Waals surface area contributed by atoms with E-state index in [1.54, 1.807) is 18.4 Å². The highest BCUT2D eigenvalue weighted by Crippen LogP contribution is 2.13. The Morgan fingerprint density at radius 3 is 2.65 bits per heavy atom. The lowest BCUT2D eigenvalue weighted by molar-refractivity contribution is -0.0149. The van der Waals surface area contributed by atoms with E-state index in [1.165, 1.54) is 11.1 Å². The Labute approximate surface area is 161 Å². The molecule has 0 saturated carbocycles. The van der Waals surface area contributed by atoms with Gasteiger partial charge in [0.1, 0.15) is 0 Å². The van der Waals surface area contributed by atoms with E-state index < -0.39 is 0 Å². The second-order valence-electron chi connectivity index (χ2n) is 7.34. The number of nitrogens with zero attached hydrogens (tertiary/aromatic N) is 3. The lowest BCUT2D eigenvalue weighted by Gasteiger charge is -2.22. The molecule has 2 aromatic rings. The maximum absolute atomic E-state index is 5.87. The van der Waals surface area contributed by atoms with Gasteiger partial charge in [0, 0.05) is 26.0 Å². The molecule has 26 heavy (non-hydrogen) atoms. The van der Waals surface area contributed by atoms with Crippen LogP contribution in [0.1, 0.15) is 42.6 Å². The molecule has 6 heteroatoms. The summed E-state index contributed by atoms with van der Waals surface area (Å²) in [4.78, 5) is 11.0. The van der Waals surface area contributed by atoms with Crippen LogP contribution >= 0.6 is 11.3 Å². The zero-order chi connectivity index (χ0) is 19.2.